The fourth-order valence-electron chi connectivity index (χ4n) is 1.75. The number of carboxylic acid groups (broad SMARTS) is 1. The number of amides is 1. The van der Waals surface area contributed by atoms with E-state index in [1.54, 1.807) is 25.1 Å². The van der Waals surface area contributed by atoms with Crippen molar-refractivity contribution >= 4 is 28.9 Å². The summed E-state index contributed by atoms with van der Waals surface area (Å²) in [6.45, 7) is 1.70. The second-order valence-corrected chi connectivity index (χ2v) is 5.30. The largest absolute Gasteiger partial charge is 0.478 e. The molecule has 0 aliphatic heterocycles. The van der Waals surface area contributed by atoms with E-state index < -0.39 is 12.0 Å². The number of benzene rings is 1. The summed E-state index contributed by atoms with van der Waals surface area (Å²) in [7, 11) is 0. The Hall–Kier alpha value is -2.18. The van der Waals surface area contributed by atoms with Gasteiger partial charge < -0.3 is 16.2 Å². The zero-order valence-electron chi connectivity index (χ0n) is 10.8. The van der Waals surface area contributed by atoms with E-state index in [2.05, 4.69) is 5.32 Å². The van der Waals surface area contributed by atoms with E-state index in [0.717, 1.165) is 4.88 Å². The summed E-state index contributed by atoms with van der Waals surface area (Å²) in [5.74, 6) is -1.39. The minimum absolute atomic E-state index is 0.160. The molecule has 2 rings (SSSR count). The third-order valence-corrected chi connectivity index (χ3v) is 3.82. The zero-order chi connectivity index (χ0) is 14.7. The molecule has 0 spiro atoms. The number of nitrogens with two attached hydrogens (primary N) is 1. The molecule has 1 aromatic heterocycles. The molecule has 1 amide bonds. The Labute approximate surface area is 120 Å². The fraction of sp³-hybridized carbons (Fsp3) is 0.143. The van der Waals surface area contributed by atoms with Crippen molar-refractivity contribution in [3.8, 4) is 0 Å². The summed E-state index contributed by atoms with van der Waals surface area (Å²) >= 11 is 1.40. The van der Waals surface area contributed by atoms with Crippen LogP contribution in [0.1, 0.15) is 26.8 Å². The summed E-state index contributed by atoms with van der Waals surface area (Å²) in [6.07, 6.45) is 0. The van der Waals surface area contributed by atoms with Gasteiger partial charge in [0.25, 0.3) is 0 Å². The van der Waals surface area contributed by atoms with Crippen LogP contribution in [-0.4, -0.2) is 17.0 Å². The van der Waals surface area contributed by atoms with E-state index in [1.807, 2.05) is 11.4 Å². The molecule has 0 saturated heterocycles. The van der Waals surface area contributed by atoms with Crippen molar-refractivity contribution in [2.24, 2.45) is 5.73 Å². The highest BCUT2D eigenvalue weighted by atomic mass is 32.1. The SMILES string of the molecule is Cc1ccc(NC(=O)C(N)c2cccs2)cc1C(=O)O. The topological polar surface area (TPSA) is 92.4 Å². The molecule has 0 radical (unpaired) electrons. The van der Waals surface area contributed by atoms with E-state index in [9.17, 15) is 9.59 Å². The Morgan fingerprint density at radius 1 is 1.35 bits per heavy atom. The smallest absolute Gasteiger partial charge is 0.336 e. The number of aryl methyl sites for hydroxylation is 1. The van der Waals surface area contributed by atoms with E-state index >= 15 is 0 Å². The lowest BCUT2D eigenvalue weighted by Crippen LogP contribution is -2.27. The molecule has 20 heavy (non-hydrogen) atoms. The van der Waals surface area contributed by atoms with Crippen LogP contribution in [0.2, 0.25) is 0 Å². The van der Waals surface area contributed by atoms with Crippen molar-refractivity contribution in [2.75, 3.05) is 5.32 Å². The highest BCUT2D eigenvalue weighted by Gasteiger charge is 2.17. The van der Waals surface area contributed by atoms with Crippen LogP contribution in [0.5, 0.6) is 0 Å². The lowest BCUT2D eigenvalue weighted by atomic mass is 10.1. The first-order valence-electron chi connectivity index (χ1n) is 5.93. The third-order valence-electron chi connectivity index (χ3n) is 2.87. The van der Waals surface area contributed by atoms with Gasteiger partial charge in [-0.25, -0.2) is 4.79 Å². The number of rotatable bonds is 4. The van der Waals surface area contributed by atoms with Gasteiger partial charge in [0.15, 0.2) is 0 Å². The van der Waals surface area contributed by atoms with Crippen LogP contribution in [0.25, 0.3) is 0 Å². The third kappa shape index (κ3) is 3.04. The highest BCUT2D eigenvalue weighted by Crippen LogP contribution is 2.20. The van der Waals surface area contributed by atoms with Crippen molar-refractivity contribution in [3.63, 3.8) is 0 Å². The van der Waals surface area contributed by atoms with E-state index in [-0.39, 0.29) is 11.5 Å². The van der Waals surface area contributed by atoms with Crippen LogP contribution in [-0.2, 0) is 4.79 Å². The molecule has 1 atom stereocenters. The number of thiophene rings is 1. The minimum atomic E-state index is -1.03. The lowest BCUT2D eigenvalue weighted by molar-refractivity contribution is -0.117. The van der Waals surface area contributed by atoms with Crippen molar-refractivity contribution in [2.45, 2.75) is 13.0 Å². The summed E-state index contributed by atoms with van der Waals surface area (Å²) in [5, 5.41) is 13.5. The number of carbonyl (C=O) groups excluding carboxylic acids is 1. The number of nitrogens with one attached hydrogen (secondary N) is 1. The van der Waals surface area contributed by atoms with E-state index in [4.69, 9.17) is 10.8 Å². The van der Waals surface area contributed by atoms with Gasteiger partial charge in [0.1, 0.15) is 6.04 Å². The first-order valence-corrected chi connectivity index (χ1v) is 6.81. The normalized spacial score (nSPS) is 11.9. The highest BCUT2D eigenvalue weighted by molar-refractivity contribution is 7.10. The second kappa shape index (κ2) is 5.85. The summed E-state index contributed by atoms with van der Waals surface area (Å²) < 4.78 is 0. The van der Waals surface area contributed by atoms with Gasteiger partial charge in [0.05, 0.1) is 5.56 Å². The first kappa shape index (κ1) is 14.2. The maximum absolute atomic E-state index is 12.0. The molecular formula is C14H14N2O3S. The maximum atomic E-state index is 12.0. The molecule has 0 bridgehead atoms. The summed E-state index contributed by atoms with van der Waals surface area (Å²) in [6, 6.07) is 7.58. The number of aromatic carboxylic acids is 1. The van der Waals surface area contributed by atoms with E-state index in [1.165, 1.54) is 17.4 Å². The standard InChI is InChI=1S/C14H14N2O3S/c1-8-4-5-9(7-10(8)14(18)19)16-13(17)12(15)11-3-2-6-20-11/h2-7,12H,15H2,1H3,(H,16,17)(H,18,19). The fourth-order valence-corrected chi connectivity index (χ4v) is 2.47. The average molecular weight is 290 g/mol. The van der Waals surface area contributed by atoms with Crippen LogP contribution in [0.3, 0.4) is 0 Å². The molecule has 0 saturated carbocycles. The maximum Gasteiger partial charge on any atom is 0.336 e. The van der Waals surface area contributed by atoms with Gasteiger partial charge in [-0.2, -0.15) is 0 Å². The Morgan fingerprint density at radius 2 is 2.10 bits per heavy atom. The average Bonchev–Trinajstić information content (AvgIpc) is 2.93. The Kier molecular flexibility index (Phi) is 4.16. The molecule has 1 aromatic carbocycles. The van der Waals surface area contributed by atoms with Gasteiger partial charge in [-0.15, -0.1) is 11.3 Å². The molecular weight excluding hydrogens is 276 g/mol. The minimum Gasteiger partial charge on any atom is -0.478 e. The molecule has 5 nitrogen and oxygen atoms in total. The van der Waals surface area contributed by atoms with Crippen molar-refractivity contribution < 1.29 is 14.7 Å². The van der Waals surface area contributed by atoms with Crippen LogP contribution in [0, 0.1) is 6.92 Å². The molecule has 1 unspecified atom stereocenters. The van der Waals surface area contributed by atoms with Crippen LogP contribution < -0.4 is 11.1 Å². The van der Waals surface area contributed by atoms with Gasteiger partial charge in [-0.1, -0.05) is 12.1 Å². The summed E-state index contributed by atoms with van der Waals surface area (Å²) in [4.78, 5) is 23.8. The predicted octanol–water partition coefficient (Wildman–Crippen LogP) is 2.39. The van der Waals surface area contributed by atoms with Gasteiger partial charge in [-0.3, -0.25) is 4.79 Å². The van der Waals surface area contributed by atoms with E-state index in [0.29, 0.717) is 11.3 Å². The van der Waals surface area contributed by atoms with Crippen LogP contribution >= 0.6 is 11.3 Å². The quantitative estimate of drug-likeness (QED) is 0.806. The molecule has 6 heteroatoms. The summed E-state index contributed by atoms with van der Waals surface area (Å²) in [5.41, 5.74) is 7.06. The molecule has 0 aliphatic carbocycles. The monoisotopic (exact) mass is 290 g/mol. The van der Waals surface area contributed by atoms with Gasteiger partial charge >= 0.3 is 5.97 Å². The lowest BCUT2D eigenvalue weighted by Gasteiger charge is -2.12. The zero-order valence-corrected chi connectivity index (χ0v) is 11.6. The predicted molar refractivity (Wildman–Crippen MR) is 78.0 cm³/mol. The van der Waals surface area contributed by atoms with Gasteiger partial charge in [-0.05, 0) is 36.1 Å². The van der Waals surface area contributed by atoms with Crippen molar-refractivity contribution in [1.82, 2.24) is 0 Å². The second-order valence-electron chi connectivity index (χ2n) is 4.32. The number of hydrogen-bond donors (Lipinski definition) is 3. The van der Waals surface area contributed by atoms with Gasteiger partial charge in [0.2, 0.25) is 5.91 Å². The molecule has 0 aliphatic rings. The molecule has 104 valence electrons. The molecule has 0 fully saturated rings. The molecule has 1 heterocycles. The Morgan fingerprint density at radius 3 is 2.70 bits per heavy atom. The van der Waals surface area contributed by atoms with Crippen LogP contribution in [0.4, 0.5) is 5.69 Å². The Balaban J connectivity index is 2.16. The molecule has 2 aromatic rings. The number of carboxylic acids is 1. The molecule has 4 N–H and O–H groups in total. The van der Waals surface area contributed by atoms with Gasteiger partial charge in [0, 0.05) is 10.6 Å². The van der Waals surface area contributed by atoms with Crippen molar-refractivity contribution in [3.05, 3.63) is 51.7 Å². The first-order chi connectivity index (χ1) is 9.49. The Bertz CT molecular complexity index is 638. The number of hydrogen-bond acceptors (Lipinski definition) is 4. The number of anilines is 1. The van der Waals surface area contributed by atoms with Crippen molar-refractivity contribution in [1.29, 1.82) is 0 Å². The van der Waals surface area contributed by atoms with Crippen LogP contribution in [0.15, 0.2) is 35.7 Å². The number of carbonyl (C=O) groups is 2.